The fourth-order valence-electron chi connectivity index (χ4n) is 2.84. The van der Waals surface area contributed by atoms with Gasteiger partial charge in [-0.2, -0.15) is 0 Å². The second-order valence-corrected chi connectivity index (χ2v) is 6.84. The van der Waals surface area contributed by atoms with Crippen molar-refractivity contribution in [2.24, 2.45) is 0 Å². The Labute approximate surface area is 115 Å². The van der Waals surface area contributed by atoms with Crippen molar-refractivity contribution in [1.29, 1.82) is 0 Å². The molecule has 102 valence electrons. The van der Waals surface area contributed by atoms with Crippen LogP contribution in [0.15, 0.2) is 6.07 Å². The van der Waals surface area contributed by atoms with Crippen molar-refractivity contribution in [1.82, 2.24) is 5.32 Å². The van der Waals surface area contributed by atoms with Crippen LogP contribution in [-0.4, -0.2) is 18.8 Å². The normalized spacial score (nSPS) is 26.2. The highest BCUT2D eigenvalue weighted by molar-refractivity contribution is 7.12. The Bertz CT molecular complexity index is 388. The number of aryl methyl sites for hydroxylation is 2. The van der Waals surface area contributed by atoms with Crippen molar-refractivity contribution in [2.45, 2.75) is 65.1 Å². The molecule has 0 spiro atoms. The molecule has 2 rings (SSSR count). The van der Waals surface area contributed by atoms with E-state index in [-0.39, 0.29) is 0 Å². The van der Waals surface area contributed by atoms with Crippen LogP contribution in [0.5, 0.6) is 0 Å². The minimum absolute atomic E-state index is 0.453. The lowest BCUT2D eigenvalue weighted by Gasteiger charge is -2.31. The summed E-state index contributed by atoms with van der Waals surface area (Å²) in [5.41, 5.74) is 1.47. The van der Waals surface area contributed by atoms with Crippen molar-refractivity contribution in [2.75, 3.05) is 6.61 Å². The first kappa shape index (κ1) is 14.0. The van der Waals surface area contributed by atoms with Gasteiger partial charge in [-0.3, -0.25) is 0 Å². The third-order valence-electron chi connectivity index (χ3n) is 3.85. The summed E-state index contributed by atoms with van der Waals surface area (Å²) < 4.78 is 5.73. The quantitative estimate of drug-likeness (QED) is 0.891. The first-order valence-electron chi connectivity index (χ1n) is 7.04. The lowest BCUT2D eigenvalue weighted by Crippen LogP contribution is -2.40. The zero-order valence-corrected chi connectivity index (χ0v) is 12.8. The zero-order chi connectivity index (χ0) is 13.1. The lowest BCUT2D eigenvalue weighted by molar-refractivity contribution is -0.00165. The molecule has 0 bridgehead atoms. The van der Waals surface area contributed by atoms with E-state index in [1.807, 2.05) is 11.3 Å². The van der Waals surface area contributed by atoms with Crippen LogP contribution >= 0.6 is 11.3 Å². The van der Waals surface area contributed by atoms with Crippen LogP contribution in [0, 0.1) is 13.8 Å². The van der Waals surface area contributed by atoms with Gasteiger partial charge in [-0.1, -0.05) is 6.92 Å². The molecule has 1 fully saturated rings. The highest BCUT2D eigenvalue weighted by Gasteiger charge is 2.23. The molecule has 2 heterocycles. The van der Waals surface area contributed by atoms with Crippen LogP contribution in [0.1, 0.15) is 54.5 Å². The molecular weight excluding hydrogens is 242 g/mol. The first-order chi connectivity index (χ1) is 8.60. The summed E-state index contributed by atoms with van der Waals surface area (Å²) in [7, 11) is 0. The summed E-state index contributed by atoms with van der Waals surface area (Å²) in [5.74, 6) is 0. The Morgan fingerprint density at radius 1 is 1.50 bits per heavy atom. The molecule has 1 aromatic heterocycles. The third kappa shape index (κ3) is 3.34. The van der Waals surface area contributed by atoms with Gasteiger partial charge in [0, 0.05) is 28.4 Å². The fourth-order valence-corrected chi connectivity index (χ4v) is 3.86. The molecule has 3 atom stereocenters. The summed E-state index contributed by atoms with van der Waals surface area (Å²) in [6.07, 6.45) is 3.88. The molecule has 1 aromatic rings. The average Bonchev–Trinajstić information content (AvgIpc) is 2.69. The Balaban J connectivity index is 1.94. The Morgan fingerprint density at radius 3 is 2.89 bits per heavy atom. The predicted octanol–water partition coefficient (Wildman–Crippen LogP) is 3.97. The van der Waals surface area contributed by atoms with Crippen LogP contribution < -0.4 is 5.32 Å². The van der Waals surface area contributed by atoms with E-state index in [0.717, 1.165) is 25.9 Å². The van der Waals surface area contributed by atoms with E-state index in [2.05, 4.69) is 39.1 Å². The van der Waals surface area contributed by atoms with Crippen LogP contribution in [-0.2, 0) is 4.74 Å². The maximum atomic E-state index is 5.73. The predicted molar refractivity (Wildman–Crippen MR) is 78.4 cm³/mol. The molecule has 0 aromatic carbocycles. The number of thiophene rings is 1. The minimum Gasteiger partial charge on any atom is -0.378 e. The van der Waals surface area contributed by atoms with Crippen LogP contribution in [0.4, 0.5) is 0 Å². The van der Waals surface area contributed by atoms with Gasteiger partial charge in [-0.15, -0.1) is 11.3 Å². The molecule has 1 N–H and O–H groups in total. The molecule has 0 amide bonds. The van der Waals surface area contributed by atoms with E-state index in [1.54, 1.807) is 0 Å². The van der Waals surface area contributed by atoms with E-state index >= 15 is 0 Å². The van der Waals surface area contributed by atoms with Crippen molar-refractivity contribution in [3.8, 4) is 0 Å². The van der Waals surface area contributed by atoms with Crippen molar-refractivity contribution >= 4 is 11.3 Å². The molecule has 1 saturated heterocycles. The molecule has 18 heavy (non-hydrogen) atoms. The summed E-state index contributed by atoms with van der Waals surface area (Å²) in [6, 6.07) is 3.39. The third-order valence-corrected chi connectivity index (χ3v) is 4.84. The van der Waals surface area contributed by atoms with Gasteiger partial charge in [-0.25, -0.2) is 0 Å². The first-order valence-corrected chi connectivity index (χ1v) is 7.86. The van der Waals surface area contributed by atoms with Crippen LogP contribution in [0.25, 0.3) is 0 Å². The lowest BCUT2D eigenvalue weighted by atomic mass is 9.99. The number of ether oxygens (including phenoxy) is 1. The Morgan fingerprint density at radius 2 is 2.28 bits per heavy atom. The van der Waals surface area contributed by atoms with Gasteiger partial charge in [-0.05, 0) is 51.7 Å². The number of hydrogen-bond acceptors (Lipinski definition) is 3. The SMILES string of the molecule is CCC1CC(NC(C)c2cc(C)sc2C)CCO1. The molecule has 0 radical (unpaired) electrons. The van der Waals surface area contributed by atoms with Crippen LogP contribution in [0.3, 0.4) is 0 Å². The van der Waals surface area contributed by atoms with Crippen molar-refractivity contribution in [3.63, 3.8) is 0 Å². The summed E-state index contributed by atoms with van der Waals surface area (Å²) >= 11 is 1.90. The highest BCUT2D eigenvalue weighted by atomic mass is 32.1. The Kier molecular flexibility index (Phi) is 4.82. The molecule has 3 unspecified atom stereocenters. The van der Waals surface area contributed by atoms with Gasteiger partial charge in [0.05, 0.1) is 6.10 Å². The smallest absolute Gasteiger partial charge is 0.0587 e. The summed E-state index contributed by atoms with van der Waals surface area (Å²) in [6.45, 7) is 9.82. The molecule has 0 aliphatic carbocycles. The number of rotatable bonds is 4. The van der Waals surface area contributed by atoms with Gasteiger partial charge < -0.3 is 10.1 Å². The second-order valence-electron chi connectivity index (χ2n) is 5.38. The van der Waals surface area contributed by atoms with Crippen molar-refractivity contribution < 1.29 is 4.74 Å². The van der Waals surface area contributed by atoms with Crippen LogP contribution in [0.2, 0.25) is 0 Å². The van der Waals surface area contributed by atoms with Gasteiger partial charge >= 0.3 is 0 Å². The minimum atomic E-state index is 0.453. The number of hydrogen-bond donors (Lipinski definition) is 1. The highest BCUT2D eigenvalue weighted by Crippen LogP contribution is 2.27. The molecule has 0 saturated carbocycles. The zero-order valence-electron chi connectivity index (χ0n) is 12.0. The fraction of sp³-hybridized carbons (Fsp3) is 0.733. The molecule has 3 heteroatoms. The van der Waals surface area contributed by atoms with Gasteiger partial charge in [0.15, 0.2) is 0 Å². The average molecular weight is 267 g/mol. The molecule has 2 nitrogen and oxygen atoms in total. The van der Waals surface area contributed by atoms with Gasteiger partial charge in [0.1, 0.15) is 0 Å². The van der Waals surface area contributed by atoms with Crippen molar-refractivity contribution in [3.05, 3.63) is 21.4 Å². The second kappa shape index (κ2) is 6.18. The van der Waals surface area contributed by atoms with E-state index < -0.39 is 0 Å². The standard InChI is InChI=1S/C15H25NOS/c1-5-14-9-13(6-7-17-14)16-11(3)15-8-10(2)18-12(15)4/h8,11,13-14,16H,5-7,9H2,1-4H3. The number of nitrogens with one attached hydrogen (secondary N) is 1. The molecular formula is C15H25NOS. The van der Waals surface area contributed by atoms with E-state index in [9.17, 15) is 0 Å². The van der Waals surface area contributed by atoms with Gasteiger partial charge in [0.25, 0.3) is 0 Å². The maximum absolute atomic E-state index is 5.73. The topological polar surface area (TPSA) is 21.3 Å². The van der Waals surface area contributed by atoms with Gasteiger partial charge in [0.2, 0.25) is 0 Å². The molecule has 1 aliphatic heterocycles. The largest absolute Gasteiger partial charge is 0.378 e. The van der Waals surface area contributed by atoms with E-state index in [0.29, 0.717) is 18.2 Å². The Hall–Kier alpha value is -0.380. The monoisotopic (exact) mass is 267 g/mol. The summed E-state index contributed by atoms with van der Waals surface area (Å²) in [4.78, 5) is 2.86. The van der Waals surface area contributed by atoms with E-state index in [4.69, 9.17) is 4.74 Å². The maximum Gasteiger partial charge on any atom is 0.0587 e. The summed E-state index contributed by atoms with van der Waals surface area (Å²) in [5, 5.41) is 3.78. The molecule has 1 aliphatic rings. The van der Waals surface area contributed by atoms with E-state index in [1.165, 1.54) is 15.3 Å².